The zero-order chi connectivity index (χ0) is 12.1. The van der Waals surface area contributed by atoms with Crippen LogP contribution in [0.1, 0.15) is 5.56 Å². The molecule has 88 valence electrons. The number of aryl methyl sites for hydroxylation is 1. The van der Waals surface area contributed by atoms with Gasteiger partial charge in [0.2, 0.25) is 0 Å². The van der Waals surface area contributed by atoms with Crippen LogP contribution in [-0.4, -0.2) is 0 Å². The van der Waals surface area contributed by atoms with Crippen molar-refractivity contribution in [3.8, 4) is 11.5 Å². The Labute approximate surface area is 101 Å². The maximum atomic E-state index is 11.7. The van der Waals surface area contributed by atoms with E-state index >= 15 is 0 Å². The lowest BCUT2D eigenvalue weighted by Crippen LogP contribution is -1.90. The zero-order valence-corrected chi connectivity index (χ0v) is 10.4. The summed E-state index contributed by atoms with van der Waals surface area (Å²) in [4.78, 5) is 0. The van der Waals surface area contributed by atoms with Gasteiger partial charge in [0.05, 0.1) is 0 Å². The summed E-state index contributed by atoms with van der Waals surface area (Å²) in [5.74, 6) is 1.14. The largest absolute Gasteiger partial charge is 0.418 e. The molecular weight excluding hydrogens is 235 g/mol. The maximum Gasteiger partial charge on any atom is 0.418 e. The second-order valence-corrected chi connectivity index (χ2v) is 4.44. The second-order valence-electron chi connectivity index (χ2n) is 3.53. The van der Waals surface area contributed by atoms with E-state index in [0.717, 1.165) is 5.56 Å². The van der Waals surface area contributed by atoms with E-state index in [1.165, 1.54) is 0 Å². The SMILES string of the molecule is Cc1ccccc1O[PH](=O)Oc1ccccc1. The first-order valence-electron chi connectivity index (χ1n) is 5.26. The van der Waals surface area contributed by atoms with E-state index in [-0.39, 0.29) is 0 Å². The molecule has 4 heteroatoms. The number of benzene rings is 2. The second kappa shape index (κ2) is 5.55. The molecule has 2 rings (SSSR count). The van der Waals surface area contributed by atoms with Crippen molar-refractivity contribution in [2.24, 2.45) is 0 Å². The van der Waals surface area contributed by atoms with Gasteiger partial charge >= 0.3 is 8.25 Å². The summed E-state index contributed by atoms with van der Waals surface area (Å²) < 4.78 is 22.1. The van der Waals surface area contributed by atoms with Gasteiger partial charge in [-0.25, -0.2) is 4.57 Å². The van der Waals surface area contributed by atoms with Gasteiger partial charge in [0.1, 0.15) is 11.5 Å². The summed E-state index contributed by atoms with van der Waals surface area (Å²) in [6, 6.07) is 16.4. The lowest BCUT2D eigenvalue weighted by molar-refractivity contribution is 0.414. The molecule has 0 aliphatic heterocycles. The zero-order valence-electron chi connectivity index (χ0n) is 9.42. The van der Waals surface area contributed by atoms with E-state index in [2.05, 4.69) is 0 Å². The lowest BCUT2D eigenvalue weighted by atomic mass is 10.2. The Morgan fingerprint density at radius 1 is 0.882 bits per heavy atom. The molecule has 0 saturated heterocycles. The lowest BCUT2D eigenvalue weighted by Gasteiger charge is -2.09. The van der Waals surface area contributed by atoms with Crippen LogP contribution in [0, 0.1) is 6.92 Å². The summed E-state index contributed by atoms with van der Waals surface area (Å²) in [5.41, 5.74) is 0.933. The predicted molar refractivity (Wildman–Crippen MR) is 67.9 cm³/mol. The normalized spacial score (nSPS) is 11.8. The van der Waals surface area contributed by atoms with Crippen molar-refractivity contribution >= 4 is 8.25 Å². The van der Waals surface area contributed by atoms with Gasteiger partial charge in [0.15, 0.2) is 0 Å². The number of hydrogen-bond donors (Lipinski definition) is 0. The minimum absolute atomic E-state index is 0.546. The molecule has 0 heterocycles. The van der Waals surface area contributed by atoms with Gasteiger partial charge in [0, 0.05) is 0 Å². The Bertz CT molecular complexity index is 511. The third kappa shape index (κ3) is 3.36. The highest BCUT2D eigenvalue weighted by atomic mass is 31.1. The predicted octanol–water partition coefficient (Wildman–Crippen LogP) is 3.84. The number of hydrogen-bond acceptors (Lipinski definition) is 3. The van der Waals surface area contributed by atoms with Crippen LogP contribution < -0.4 is 9.05 Å². The topological polar surface area (TPSA) is 35.5 Å². The van der Waals surface area contributed by atoms with E-state index in [0.29, 0.717) is 11.5 Å². The van der Waals surface area contributed by atoms with Crippen LogP contribution in [0.15, 0.2) is 54.6 Å². The van der Waals surface area contributed by atoms with Crippen molar-refractivity contribution in [2.75, 3.05) is 0 Å². The highest BCUT2D eigenvalue weighted by Crippen LogP contribution is 2.31. The molecule has 1 unspecified atom stereocenters. The third-order valence-corrected chi connectivity index (χ3v) is 3.02. The Morgan fingerprint density at radius 2 is 1.53 bits per heavy atom. The molecule has 0 spiro atoms. The Morgan fingerprint density at radius 3 is 2.24 bits per heavy atom. The summed E-state index contributed by atoms with van der Waals surface area (Å²) in [5, 5.41) is 0. The molecule has 2 aromatic rings. The molecule has 1 atom stereocenters. The molecule has 0 aliphatic rings. The fourth-order valence-corrected chi connectivity index (χ4v) is 2.15. The monoisotopic (exact) mass is 248 g/mol. The molecule has 0 aromatic heterocycles. The Kier molecular flexibility index (Phi) is 3.84. The molecule has 3 nitrogen and oxygen atoms in total. The molecule has 2 aromatic carbocycles. The van der Waals surface area contributed by atoms with Gasteiger partial charge in [-0.1, -0.05) is 36.4 Å². The van der Waals surface area contributed by atoms with E-state index in [4.69, 9.17) is 9.05 Å². The van der Waals surface area contributed by atoms with Crippen LogP contribution in [0.3, 0.4) is 0 Å². The molecule has 0 saturated carbocycles. The van der Waals surface area contributed by atoms with Gasteiger partial charge < -0.3 is 9.05 Å². The van der Waals surface area contributed by atoms with Gasteiger partial charge in [-0.15, -0.1) is 0 Å². The number of rotatable bonds is 4. The van der Waals surface area contributed by atoms with Gasteiger partial charge in [-0.3, -0.25) is 0 Å². The van der Waals surface area contributed by atoms with Crippen LogP contribution in [0.25, 0.3) is 0 Å². The third-order valence-electron chi connectivity index (χ3n) is 2.23. The van der Waals surface area contributed by atoms with Crippen LogP contribution >= 0.6 is 8.25 Å². The fraction of sp³-hybridized carbons (Fsp3) is 0.0769. The molecule has 0 N–H and O–H groups in total. The summed E-state index contributed by atoms with van der Waals surface area (Å²) in [6.07, 6.45) is 0. The Hall–Kier alpha value is -1.73. The van der Waals surface area contributed by atoms with Crippen molar-refractivity contribution in [3.05, 3.63) is 60.2 Å². The van der Waals surface area contributed by atoms with Crippen LogP contribution in [0.5, 0.6) is 11.5 Å². The van der Waals surface area contributed by atoms with Crippen LogP contribution in [0.2, 0.25) is 0 Å². The highest BCUT2D eigenvalue weighted by molar-refractivity contribution is 7.34. The molecule has 0 bridgehead atoms. The first kappa shape index (κ1) is 11.7. The fourth-order valence-electron chi connectivity index (χ4n) is 1.37. The van der Waals surface area contributed by atoms with Crippen molar-refractivity contribution < 1.29 is 13.6 Å². The van der Waals surface area contributed by atoms with Gasteiger partial charge in [0.25, 0.3) is 0 Å². The molecule has 0 fully saturated rings. The van der Waals surface area contributed by atoms with E-state index in [9.17, 15) is 4.57 Å². The van der Waals surface area contributed by atoms with Crippen molar-refractivity contribution in [1.29, 1.82) is 0 Å². The maximum absolute atomic E-state index is 11.7. The highest BCUT2D eigenvalue weighted by Gasteiger charge is 2.05. The summed E-state index contributed by atoms with van der Waals surface area (Å²) in [6.45, 7) is 1.90. The smallest absolute Gasteiger partial charge is 0.418 e. The van der Waals surface area contributed by atoms with E-state index in [1.54, 1.807) is 18.2 Å². The number of para-hydroxylation sites is 2. The van der Waals surface area contributed by atoms with E-state index < -0.39 is 8.25 Å². The van der Waals surface area contributed by atoms with Gasteiger partial charge in [-0.2, -0.15) is 0 Å². The minimum atomic E-state index is -2.57. The van der Waals surface area contributed by atoms with Crippen LogP contribution in [-0.2, 0) is 4.57 Å². The molecule has 17 heavy (non-hydrogen) atoms. The van der Waals surface area contributed by atoms with Crippen molar-refractivity contribution in [2.45, 2.75) is 6.92 Å². The van der Waals surface area contributed by atoms with E-state index in [1.807, 2.05) is 43.3 Å². The van der Waals surface area contributed by atoms with Crippen molar-refractivity contribution in [1.82, 2.24) is 0 Å². The standard InChI is InChI=1S/C13H13O3P/c1-11-7-5-6-10-13(11)16-17(14)15-12-8-3-2-4-9-12/h2-10,17H,1H3. The molecule has 0 aliphatic carbocycles. The minimum Gasteiger partial charge on any atom is -0.418 e. The summed E-state index contributed by atoms with van der Waals surface area (Å²) in [7, 11) is -2.57. The van der Waals surface area contributed by atoms with Crippen molar-refractivity contribution in [3.63, 3.8) is 0 Å². The average molecular weight is 248 g/mol. The Balaban J connectivity index is 2.01. The average Bonchev–Trinajstić information content (AvgIpc) is 2.33. The quantitative estimate of drug-likeness (QED) is 0.771. The van der Waals surface area contributed by atoms with Gasteiger partial charge in [-0.05, 0) is 30.7 Å². The molecular formula is C13H13O3P. The molecule has 0 amide bonds. The first-order valence-corrected chi connectivity index (χ1v) is 6.48. The molecule has 0 radical (unpaired) electrons. The van der Waals surface area contributed by atoms with Crippen LogP contribution in [0.4, 0.5) is 0 Å². The summed E-state index contributed by atoms with van der Waals surface area (Å²) >= 11 is 0. The first-order chi connectivity index (χ1) is 8.25.